The van der Waals surface area contributed by atoms with Crippen molar-refractivity contribution in [1.82, 2.24) is 5.32 Å². The van der Waals surface area contributed by atoms with Gasteiger partial charge in [-0.1, -0.05) is 18.2 Å². The van der Waals surface area contributed by atoms with Crippen molar-refractivity contribution in [1.29, 1.82) is 0 Å². The van der Waals surface area contributed by atoms with Crippen molar-refractivity contribution in [2.24, 2.45) is 5.92 Å². The summed E-state index contributed by atoms with van der Waals surface area (Å²) in [6, 6.07) is 11.2. The van der Waals surface area contributed by atoms with E-state index in [2.05, 4.69) is 5.32 Å². The van der Waals surface area contributed by atoms with E-state index in [1.165, 1.54) is 6.26 Å². The Hall–Kier alpha value is -2.27. The molecule has 1 saturated heterocycles. The molecule has 0 radical (unpaired) electrons. The van der Waals surface area contributed by atoms with Gasteiger partial charge in [0.15, 0.2) is 5.76 Å². The first-order valence-corrected chi connectivity index (χ1v) is 7.43. The molecule has 0 spiro atoms. The van der Waals surface area contributed by atoms with Crippen LogP contribution in [0.25, 0.3) is 0 Å². The maximum Gasteiger partial charge on any atom is 0.287 e. The van der Waals surface area contributed by atoms with E-state index in [1.807, 2.05) is 30.3 Å². The molecule has 5 nitrogen and oxygen atoms in total. The van der Waals surface area contributed by atoms with E-state index in [0.717, 1.165) is 24.3 Å². The highest BCUT2D eigenvalue weighted by atomic mass is 16.5. The summed E-state index contributed by atoms with van der Waals surface area (Å²) in [6.07, 6.45) is 2.50. The highest BCUT2D eigenvalue weighted by Gasteiger charge is 2.20. The highest BCUT2D eigenvalue weighted by molar-refractivity contribution is 5.92. The Labute approximate surface area is 129 Å². The zero-order valence-electron chi connectivity index (χ0n) is 12.3. The van der Waals surface area contributed by atoms with Crippen LogP contribution in [0.3, 0.4) is 0 Å². The zero-order chi connectivity index (χ0) is 15.2. The average molecular weight is 301 g/mol. The van der Waals surface area contributed by atoms with Gasteiger partial charge in [-0.3, -0.25) is 4.79 Å². The molecule has 1 aliphatic rings. The number of ether oxygens (including phenoxy) is 2. The van der Waals surface area contributed by atoms with Crippen LogP contribution >= 0.6 is 0 Å². The van der Waals surface area contributed by atoms with Crippen LogP contribution in [0.15, 0.2) is 47.1 Å². The van der Waals surface area contributed by atoms with Crippen molar-refractivity contribution in [2.75, 3.05) is 19.8 Å². The first-order chi connectivity index (χ1) is 10.8. The third-order valence-corrected chi connectivity index (χ3v) is 3.67. The lowest BCUT2D eigenvalue weighted by molar-refractivity contribution is 0.0913. The quantitative estimate of drug-likeness (QED) is 0.891. The maximum absolute atomic E-state index is 12.2. The summed E-state index contributed by atoms with van der Waals surface area (Å²) in [7, 11) is 0. The van der Waals surface area contributed by atoms with Crippen LogP contribution in [0, 0.1) is 5.92 Å². The van der Waals surface area contributed by atoms with Gasteiger partial charge in [-0.25, -0.2) is 0 Å². The molecule has 1 aromatic heterocycles. The first kappa shape index (κ1) is 14.7. The van der Waals surface area contributed by atoms with Crippen LogP contribution in [0.2, 0.25) is 0 Å². The Bertz CT molecular complexity index is 602. The Morgan fingerprint density at radius 2 is 2.14 bits per heavy atom. The van der Waals surface area contributed by atoms with Gasteiger partial charge in [0.05, 0.1) is 12.9 Å². The summed E-state index contributed by atoms with van der Waals surface area (Å²) in [5, 5.41) is 2.90. The molecule has 1 aliphatic heterocycles. The van der Waals surface area contributed by atoms with Crippen LogP contribution in [0.5, 0.6) is 5.75 Å². The van der Waals surface area contributed by atoms with Gasteiger partial charge in [0.1, 0.15) is 12.4 Å². The van der Waals surface area contributed by atoms with E-state index >= 15 is 0 Å². The third-order valence-electron chi connectivity index (χ3n) is 3.67. The molecule has 0 bridgehead atoms. The Balaban J connectivity index is 1.55. The zero-order valence-corrected chi connectivity index (χ0v) is 12.3. The molecule has 1 fully saturated rings. The van der Waals surface area contributed by atoms with Crippen LogP contribution in [0.4, 0.5) is 0 Å². The van der Waals surface area contributed by atoms with Gasteiger partial charge >= 0.3 is 0 Å². The molecule has 1 amide bonds. The number of amides is 1. The fourth-order valence-corrected chi connectivity index (χ4v) is 2.39. The molecule has 0 saturated carbocycles. The molecular formula is C17H19NO4. The number of nitrogens with one attached hydrogen (secondary N) is 1. The summed E-state index contributed by atoms with van der Waals surface area (Å²) < 4.78 is 16.3. The summed E-state index contributed by atoms with van der Waals surface area (Å²) in [4.78, 5) is 12.2. The Kier molecular flexibility index (Phi) is 4.75. The standard InChI is InChI=1S/C17H19NO4/c19-17(18-10-13-6-8-20-11-13)16-14(7-9-21-16)12-22-15-4-2-1-3-5-15/h1-5,7,9,13H,6,8,10-12H2,(H,18,19)/t13-/m0/s1. The normalized spacial score (nSPS) is 17.4. The first-order valence-electron chi connectivity index (χ1n) is 7.43. The molecule has 116 valence electrons. The largest absolute Gasteiger partial charge is 0.489 e. The lowest BCUT2D eigenvalue weighted by Crippen LogP contribution is -2.29. The van der Waals surface area contributed by atoms with Gasteiger partial charge in [0.25, 0.3) is 5.91 Å². The summed E-state index contributed by atoms with van der Waals surface area (Å²) in [5.74, 6) is 1.26. The van der Waals surface area contributed by atoms with Crippen molar-refractivity contribution >= 4 is 5.91 Å². The number of hydrogen-bond acceptors (Lipinski definition) is 4. The third kappa shape index (κ3) is 3.68. The Morgan fingerprint density at radius 1 is 1.27 bits per heavy atom. The molecule has 2 aromatic rings. The SMILES string of the molecule is O=C(NC[C@@H]1CCOC1)c1occc1COc1ccccc1. The van der Waals surface area contributed by atoms with E-state index in [9.17, 15) is 4.79 Å². The van der Waals surface area contributed by atoms with Crippen molar-refractivity contribution in [3.05, 3.63) is 54.0 Å². The summed E-state index contributed by atoms with van der Waals surface area (Å²) in [5.41, 5.74) is 0.740. The van der Waals surface area contributed by atoms with Gasteiger partial charge in [-0.05, 0) is 24.6 Å². The van der Waals surface area contributed by atoms with Crippen molar-refractivity contribution in [3.8, 4) is 5.75 Å². The second-order valence-corrected chi connectivity index (χ2v) is 5.32. The van der Waals surface area contributed by atoms with Gasteiger partial charge in [0.2, 0.25) is 0 Å². The molecule has 2 heterocycles. The summed E-state index contributed by atoms with van der Waals surface area (Å²) in [6.45, 7) is 2.40. The lowest BCUT2D eigenvalue weighted by atomic mass is 10.1. The topological polar surface area (TPSA) is 60.7 Å². The van der Waals surface area contributed by atoms with E-state index < -0.39 is 0 Å². The van der Waals surface area contributed by atoms with Gasteiger partial charge < -0.3 is 19.2 Å². The monoisotopic (exact) mass is 301 g/mol. The Morgan fingerprint density at radius 3 is 2.91 bits per heavy atom. The number of rotatable bonds is 6. The van der Waals surface area contributed by atoms with E-state index in [-0.39, 0.29) is 5.91 Å². The highest BCUT2D eigenvalue weighted by Crippen LogP contribution is 2.16. The van der Waals surface area contributed by atoms with Crippen molar-refractivity contribution in [3.63, 3.8) is 0 Å². The van der Waals surface area contributed by atoms with Crippen molar-refractivity contribution in [2.45, 2.75) is 13.0 Å². The molecular weight excluding hydrogens is 282 g/mol. The van der Waals surface area contributed by atoms with Gasteiger partial charge in [-0.2, -0.15) is 0 Å². The molecule has 1 aromatic carbocycles. The number of hydrogen-bond donors (Lipinski definition) is 1. The van der Waals surface area contributed by atoms with Crippen LogP contribution < -0.4 is 10.1 Å². The fraction of sp³-hybridized carbons (Fsp3) is 0.353. The number of furan rings is 1. The number of benzene rings is 1. The lowest BCUT2D eigenvalue weighted by Gasteiger charge is -2.09. The van der Waals surface area contributed by atoms with E-state index in [4.69, 9.17) is 13.9 Å². The average Bonchev–Trinajstić information content (AvgIpc) is 3.23. The number of carbonyl (C=O) groups is 1. The molecule has 22 heavy (non-hydrogen) atoms. The molecule has 0 aliphatic carbocycles. The van der Waals surface area contributed by atoms with E-state index in [0.29, 0.717) is 31.4 Å². The van der Waals surface area contributed by atoms with Gasteiger partial charge in [-0.15, -0.1) is 0 Å². The van der Waals surface area contributed by atoms with E-state index in [1.54, 1.807) is 6.07 Å². The molecule has 1 N–H and O–H groups in total. The molecule has 3 rings (SSSR count). The molecule has 0 unspecified atom stereocenters. The molecule has 1 atom stereocenters. The van der Waals surface area contributed by atoms with Crippen molar-refractivity contribution < 1.29 is 18.7 Å². The second-order valence-electron chi connectivity index (χ2n) is 5.32. The number of carbonyl (C=O) groups excluding carboxylic acids is 1. The van der Waals surface area contributed by atoms with Gasteiger partial charge in [0, 0.05) is 24.6 Å². The smallest absolute Gasteiger partial charge is 0.287 e. The summed E-state index contributed by atoms with van der Waals surface area (Å²) >= 11 is 0. The fourth-order valence-electron chi connectivity index (χ4n) is 2.39. The maximum atomic E-state index is 12.2. The minimum absolute atomic E-state index is 0.205. The van der Waals surface area contributed by atoms with Crippen LogP contribution in [-0.4, -0.2) is 25.7 Å². The number of para-hydroxylation sites is 1. The molecule has 5 heteroatoms. The second kappa shape index (κ2) is 7.13. The van der Waals surface area contributed by atoms with Crippen LogP contribution in [-0.2, 0) is 11.3 Å². The minimum atomic E-state index is -0.205. The predicted octanol–water partition coefficient (Wildman–Crippen LogP) is 2.62. The minimum Gasteiger partial charge on any atom is -0.489 e. The van der Waals surface area contributed by atoms with Crippen LogP contribution in [0.1, 0.15) is 22.5 Å². The predicted molar refractivity (Wildman–Crippen MR) is 80.7 cm³/mol.